The SMILES string of the molecule is CCCCCCCCCCCCCCCCc1c(Oc2ccccc2S(=O)(=O)O)cccc1S(=O)(=O)O. The zero-order valence-corrected chi connectivity index (χ0v) is 23.5. The first kappa shape index (κ1) is 31.3. The zero-order valence-electron chi connectivity index (χ0n) is 21.9. The molecule has 0 atom stereocenters. The van der Waals surface area contributed by atoms with Crippen molar-refractivity contribution < 1.29 is 30.7 Å². The van der Waals surface area contributed by atoms with Gasteiger partial charge in [0.15, 0.2) is 0 Å². The molecule has 9 heteroatoms. The quantitative estimate of drug-likeness (QED) is 0.133. The van der Waals surface area contributed by atoms with Crippen LogP contribution >= 0.6 is 0 Å². The maximum atomic E-state index is 12.0. The van der Waals surface area contributed by atoms with Crippen LogP contribution in [0.15, 0.2) is 52.3 Å². The van der Waals surface area contributed by atoms with E-state index in [1.54, 1.807) is 6.07 Å². The van der Waals surface area contributed by atoms with Crippen molar-refractivity contribution in [2.45, 2.75) is 113 Å². The Hall–Kier alpha value is -1.94. The van der Waals surface area contributed by atoms with Crippen molar-refractivity contribution in [3.63, 3.8) is 0 Å². The number of hydrogen-bond donors (Lipinski definition) is 2. The van der Waals surface area contributed by atoms with E-state index in [1.165, 1.54) is 101 Å². The molecule has 0 spiro atoms. The second-order valence-corrected chi connectivity index (χ2v) is 12.4. The fourth-order valence-corrected chi connectivity index (χ4v) is 5.87. The third-order valence-electron chi connectivity index (χ3n) is 6.50. The van der Waals surface area contributed by atoms with Crippen LogP contribution in [-0.2, 0) is 26.7 Å². The number of para-hydroxylation sites is 1. The first-order valence-corrected chi connectivity index (χ1v) is 16.4. The van der Waals surface area contributed by atoms with Gasteiger partial charge in [-0.2, -0.15) is 16.8 Å². The van der Waals surface area contributed by atoms with Crippen LogP contribution < -0.4 is 4.74 Å². The molecule has 7 nitrogen and oxygen atoms in total. The Bertz CT molecular complexity index is 1160. The van der Waals surface area contributed by atoms with E-state index in [0.717, 1.165) is 19.3 Å². The second kappa shape index (κ2) is 16.1. The van der Waals surface area contributed by atoms with E-state index >= 15 is 0 Å². The molecule has 2 N–H and O–H groups in total. The molecular weight excluding hydrogens is 512 g/mol. The highest BCUT2D eigenvalue weighted by atomic mass is 32.2. The minimum atomic E-state index is -4.54. The fraction of sp³-hybridized carbons (Fsp3) is 0.571. The van der Waals surface area contributed by atoms with Gasteiger partial charge in [0, 0.05) is 5.56 Å². The van der Waals surface area contributed by atoms with Crippen LogP contribution in [0.5, 0.6) is 11.5 Å². The average molecular weight is 555 g/mol. The van der Waals surface area contributed by atoms with Crippen LogP contribution in [0, 0.1) is 0 Å². The molecule has 2 aromatic rings. The Balaban J connectivity index is 1.87. The maximum absolute atomic E-state index is 12.0. The Morgan fingerprint density at radius 2 is 1.00 bits per heavy atom. The number of benzene rings is 2. The summed E-state index contributed by atoms with van der Waals surface area (Å²) in [4.78, 5) is -0.682. The summed E-state index contributed by atoms with van der Waals surface area (Å²) >= 11 is 0. The third-order valence-corrected chi connectivity index (χ3v) is 8.33. The average Bonchev–Trinajstić information content (AvgIpc) is 2.84. The zero-order chi connectivity index (χ0) is 27.2. The summed E-state index contributed by atoms with van der Waals surface area (Å²) < 4.78 is 72.4. The van der Waals surface area contributed by atoms with Crippen molar-refractivity contribution in [1.29, 1.82) is 0 Å². The molecule has 0 fully saturated rings. The van der Waals surface area contributed by atoms with Crippen LogP contribution in [0.1, 0.15) is 102 Å². The molecule has 0 radical (unpaired) electrons. The normalized spacial score (nSPS) is 12.1. The van der Waals surface area contributed by atoms with E-state index < -0.39 is 25.1 Å². The van der Waals surface area contributed by atoms with Gasteiger partial charge in [0.2, 0.25) is 0 Å². The molecule has 0 saturated heterocycles. The van der Waals surface area contributed by atoms with Crippen molar-refractivity contribution in [3.8, 4) is 11.5 Å². The van der Waals surface area contributed by atoms with Crippen LogP contribution in [0.3, 0.4) is 0 Å². The molecule has 208 valence electrons. The molecule has 0 aliphatic heterocycles. The van der Waals surface area contributed by atoms with Crippen molar-refractivity contribution >= 4 is 20.2 Å². The Kier molecular flexibility index (Phi) is 13.6. The maximum Gasteiger partial charge on any atom is 0.298 e. The second-order valence-electron chi connectivity index (χ2n) is 9.58. The Morgan fingerprint density at radius 1 is 0.568 bits per heavy atom. The number of rotatable bonds is 19. The minimum Gasteiger partial charge on any atom is -0.456 e. The van der Waals surface area contributed by atoms with Gasteiger partial charge >= 0.3 is 0 Å². The lowest BCUT2D eigenvalue weighted by Gasteiger charge is -2.15. The summed E-state index contributed by atoms with van der Waals surface area (Å²) in [5.41, 5.74) is 0.286. The van der Waals surface area contributed by atoms with E-state index in [1.807, 2.05) is 0 Å². The van der Waals surface area contributed by atoms with E-state index in [9.17, 15) is 25.9 Å². The molecule has 0 bridgehead atoms. The van der Waals surface area contributed by atoms with Gasteiger partial charge in [-0.05, 0) is 37.1 Å². The molecule has 0 aliphatic rings. The molecule has 0 saturated carbocycles. The standard InChI is InChI=1S/C28H42O7S2/c1-2-3-4-5-6-7-8-9-10-11-12-13-14-15-19-24-25(21-18-23-27(24)36(29,30)31)35-26-20-16-17-22-28(26)37(32,33)34/h16-18,20-23H,2-15,19H2,1H3,(H,29,30,31)(H,32,33,34). The van der Waals surface area contributed by atoms with Gasteiger partial charge in [0.1, 0.15) is 21.3 Å². The summed E-state index contributed by atoms with van der Waals surface area (Å²) in [7, 11) is -9.04. The summed E-state index contributed by atoms with van der Waals surface area (Å²) in [6.45, 7) is 2.24. The largest absolute Gasteiger partial charge is 0.456 e. The molecule has 0 heterocycles. The minimum absolute atomic E-state index is 0.125. The molecule has 0 aromatic heterocycles. The van der Waals surface area contributed by atoms with Crippen molar-refractivity contribution in [1.82, 2.24) is 0 Å². The van der Waals surface area contributed by atoms with E-state index in [2.05, 4.69) is 6.92 Å². The molecule has 0 amide bonds. The first-order chi connectivity index (χ1) is 17.6. The van der Waals surface area contributed by atoms with Gasteiger partial charge < -0.3 is 4.74 Å². The van der Waals surface area contributed by atoms with E-state index in [4.69, 9.17) is 4.74 Å². The van der Waals surface area contributed by atoms with Crippen molar-refractivity contribution in [3.05, 3.63) is 48.0 Å². The monoisotopic (exact) mass is 554 g/mol. The summed E-state index contributed by atoms with van der Waals surface area (Å²) in [6, 6.07) is 9.81. The lowest BCUT2D eigenvalue weighted by atomic mass is 10.0. The van der Waals surface area contributed by atoms with Gasteiger partial charge in [-0.25, -0.2) is 0 Å². The lowest BCUT2D eigenvalue weighted by Crippen LogP contribution is -2.06. The van der Waals surface area contributed by atoms with Gasteiger partial charge in [-0.3, -0.25) is 9.11 Å². The molecule has 37 heavy (non-hydrogen) atoms. The molecular formula is C28H42O7S2. The van der Waals surface area contributed by atoms with Gasteiger partial charge in [-0.1, -0.05) is 109 Å². The van der Waals surface area contributed by atoms with Crippen molar-refractivity contribution in [2.75, 3.05) is 0 Å². The van der Waals surface area contributed by atoms with Crippen LogP contribution in [0.25, 0.3) is 0 Å². The third kappa shape index (κ3) is 11.5. The number of ether oxygens (including phenoxy) is 1. The highest BCUT2D eigenvalue weighted by Gasteiger charge is 2.22. The highest BCUT2D eigenvalue weighted by Crippen LogP contribution is 2.34. The van der Waals surface area contributed by atoms with Crippen LogP contribution in [0.2, 0.25) is 0 Å². The number of unbranched alkanes of at least 4 members (excludes halogenated alkanes) is 13. The Morgan fingerprint density at radius 3 is 1.51 bits per heavy atom. The van der Waals surface area contributed by atoms with Gasteiger partial charge in [0.25, 0.3) is 20.2 Å². The predicted octanol–water partition coefficient (Wildman–Crippen LogP) is 8.00. The number of hydrogen-bond acceptors (Lipinski definition) is 5. The van der Waals surface area contributed by atoms with Gasteiger partial charge in [0.05, 0.1) is 0 Å². The fourth-order valence-electron chi connectivity index (χ4n) is 4.49. The van der Waals surface area contributed by atoms with Gasteiger partial charge in [-0.15, -0.1) is 0 Å². The van der Waals surface area contributed by atoms with Crippen LogP contribution in [0.4, 0.5) is 0 Å². The molecule has 2 rings (SSSR count). The lowest BCUT2D eigenvalue weighted by molar-refractivity contribution is 0.440. The summed E-state index contributed by atoms with van der Waals surface area (Å²) in [5.74, 6) is 0.000571. The van der Waals surface area contributed by atoms with Crippen LogP contribution in [-0.4, -0.2) is 25.9 Å². The highest BCUT2D eigenvalue weighted by molar-refractivity contribution is 7.86. The smallest absolute Gasteiger partial charge is 0.298 e. The van der Waals surface area contributed by atoms with E-state index in [-0.39, 0.29) is 22.0 Å². The molecule has 2 aromatic carbocycles. The summed E-state index contributed by atoms with van der Waals surface area (Å²) in [6.07, 6.45) is 17.1. The predicted molar refractivity (Wildman–Crippen MR) is 147 cm³/mol. The van der Waals surface area contributed by atoms with Crippen molar-refractivity contribution in [2.24, 2.45) is 0 Å². The molecule has 0 aliphatic carbocycles. The summed E-state index contributed by atoms with van der Waals surface area (Å²) in [5, 5.41) is 0. The first-order valence-electron chi connectivity index (χ1n) is 13.5. The Labute approximate surface area is 223 Å². The topological polar surface area (TPSA) is 118 Å². The van der Waals surface area contributed by atoms with E-state index in [0.29, 0.717) is 12.8 Å². The molecule has 0 unspecified atom stereocenters.